The predicted octanol–water partition coefficient (Wildman–Crippen LogP) is 2.88. The van der Waals surface area contributed by atoms with E-state index in [4.69, 9.17) is 11.6 Å². The highest BCUT2D eigenvalue weighted by Gasteiger charge is 2.27. The van der Waals surface area contributed by atoms with E-state index in [1.54, 1.807) is 31.2 Å². The summed E-state index contributed by atoms with van der Waals surface area (Å²) in [5.74, 6) is -1.02. The second-order valence-corrected chi connectivity index (χ2v) is 7.54. The molecule has 8 heteroatoms. The molecule has 2 heterocycles. The van der Waals surface area contributed by atoms with Gasteiger partial charge in [0.2, 0.25) is 11.3 Å². The third-order valence-corrected chi connectivity index (χ3v) is 5.21. The molecule has 2 aromatic carbocycles. The van der Waals surface area contributed by atoms with E-state index in [0.717, 1.165) is 11.3 Å². The number of nitrogens with zero attached hydrogens (tertiary/aromatic N) is 2. The summed E-state index contributed by atoms with van der Waals surface area (Å²) in [5.41, 5.74) is 2.12. The lowest BCUT2D eigenvalue weighted by Crippen LogP contribution is -2.45. The van der Waals surface area contributed by atoms with Crippen LogP contribution in [0.4, 0.5) is 5.69 Å². The van der Waals surface area contributed by atoms with Gasteiger partial charge in [0.15, 0.2) is 5.69 Å². The van der Waals surface area contributed by atoms with Gasteiger partial charge in [0.25, 0.3) is 5.91 Å². The number of hydrogen-bond acceptors (Lipinski definition) is 4. The van der Waals surface area contributed by atoms with Crippen molar-refractivity contribution >= 4 is 29.1 Å². The number of carbonyl (C=O) groups is 2. The fourth-order valence-corrected chi connectivity index (χ4v) is 3.63. The zero-order chi connectivity index (χ0) is 21.3. The summed E-state index contributed by atoms with van der Waals surface area (Å²) in [7, 11) is 0. The number of hydrogen-bond donors (Lipinski definition) is 2. The molecule has 1 unspecified atom stereocenters. The van der Waals surface area contributed by atoms with E-state index >= 15 is 0 Å². The first kappa shape index (κ1) is 19.8. The number of para-hydroxylation sites is 1. The lowest BCUT2D eigenvalue weighted by molar-refractivity contribution is -0.118. The first-order valence-electron chi connectivity index (χ1n) is 9.49. The Bertz CT molecular complexity index is 1200. The van der Waals surface area contributed by atoms with Gasteiger partial charge in [-0.3, -0.25) is 14.4 Å². The fourth-order valence-electron chi connectivity index (χ4n) is 3.45. The van der Waals surface area contributed by atoms with E-state index in [0.29, 0.717) is 29.2 Å². The van der Waals surface area contributed by atoms with Crippen LogP contribution in [0.2, 0.25) is 5.02 Å². The van der Waals surface area contributed by atoms with Gasteiger partial charge in [-0.2, -0.15) is 5.10 Å². The molecule has 4 rings (SSSR count). The van der Waals surface area contributed by atoms with Gasteiger partial charge in [-0.1, -0.05) is 35.9 Å². The molecule has 1 aliphatic heterocycles. The van der Waals surface area contributed by atoms with Crippen LogP contribution in [0.25, 0.3) is 5.69 Å². The molecule has 0 saturated carbocycles. The van der Waals surface area contributed by atoms with Crippen LogP contribution in [0.1, 0.15) is 28.2 Å². The molecule has 0 aliphatic carbocycles. The number of anilines is 1. The smallest absolute Gasteiger partial charge is 0.276 e. The third-order valence-electron chi connectivity index (χ3n) is 4.97. The minimum Gasteiger partial charge on any atom is -0.339 e. The Hall–Kier alpha value is -3.45. The number of aromatic nitrogens is 2. The van der Waals surface area contributed by atoms with Crippen LogP contribution < -0.4 is 16.1 Å². The van der Waals surface area contributed by atoms with E-state index in [1.165, 1.54) is 10.7 Å². The van der Waals surface area contributed by atoms with Crippen molar-refractivity contribution in [2.45, 2.75) is 25.8 Å². The predicted molar refractivity (Wildman–Crippen MR) is 114 cm³/mol. The standard InChI is InChI=1S/C22H19ClN4O3/c1-13-11-19(28)20(26-27(13)16-7-4-6-15(23)12-16)22(30)25-18-10-9-14-5-2-3-8-17(14)24-21(18)29/h2-8,11-12,18H,9-10H2,1H3,(H,24,29)(H,25,30). The molecule has 1 aromatic heterocycles. The van der Waals surface area contributed by atoms with E-state index in [2.05, 4.69) is 15.7 Å². The van der Waals surface area contributed by atoms with Crippen molar-refractivity contribution in [1.29, 1.82) is 0 Å². The van der Waals surface area contributed by atoms with Gasteiger partial charge in [0.1, 0.15) is 6.04 Å². The number of aryl methyl sites for hydroxylation is 2. The lowest BCUT2D eigenvalue weighted by atomic mass is 10.1. The summed E-state index contributed by atoms with van der Waals surface area (Å²) in [5, 5.41) is 10.2. The molecule has 152 valence electrons. The number of carbonyl (C=O) groups excluding carboxylic acids is 2. The van der Waals surface area contributed by atoms with Crippen molar-refractivity contribution in [3.05, 3.63) is 86.8 Å². The summed E-state index contributed by atoms with van der Waals surface area (Å²) in [6, 6.07) is 15.0. The molecule has 0 fully saturated rings. The molecule has 2 amide bonds. The first-order chi connectivity index (χ1) is 14.4. The Balaban J connectivity index is 1.60. The normalized spacial score (nSPS) is 15.7. The van der Waals surface area contributed by atoms with Crippen molar-refractivity contribution in [2.24, 2.45) is 0 Å². The Morgan fingerprint density at radius 3 is 2.77 bits per heavy atom. The number of amides is 2. The van der Waals surface area contributed by atoms with Crippen LogP contribution >= 0.6 is 11.6 Å². The van der Waals surface area contributed by atoms with Crippen LogP contribution in [0.5, 0.6) is 0 Å². The monoisotopic (exact) mass is 422 g/mol. The molecule has 3 aromatic rings. The van der Waals surface area contributed by atoms with Gasteiger partial charge >= 0.3 is 0 Å². The van der Waals surface area contributed by atoms with Crippen LogP contribution in [-0.4, -0.2) is 27.6 Å². The summed E-state index contributed by atoms with van der Waals surface area (Å²) < 4.78 is 1.48. The Morgan fingerprint density at radius 1 is 1.17 bits per heavy atom. The molecule has 0 radical (unpaired) electrons. The van der Waals surface area contributed by atoms with E-state index in [9.17, 15) is 14.4 Å². The fraction of sp³-hybridized carbons (Fsp3) is 0.182. The van der Waals surface area contributed by atoms with Gasteiger partial charge in [0, 0.05) is 22.5 Å². The summed E-state index contributed by atoms with van der Waals surface area (Å²) in [6.07, 6.45) is 1.04. The highest BCUT2D eigenvalue weighted by molar-refractivity contribution is 6.30. The van der Waals surface area contributed by atoms with Crippen molar-refractivity contribution in [1.82, 2.24) is 15.1 Å². The molecule has 0 spiro atoms. The maximum absolute atomic E-state index is 12.8. The number of benzene rings is 2. The van der Waals surface area contributed by atoms with Crippen molar-refractivity contribution in [2.75, 3.05) is 5.32 Å². The maximum Gasteiger partial charge on any atom is 0.276 e. The van der Waals surface area contributed by atoms with Crippen LogP contribution in [0, 0.1) is 6.92 Å². The van der Waals surface area contributed by atoms with Crippen LogP contribution in [0.3, 0.4) is 0 Å². The molecule has 7 nitrogen and oxygen atoms in total. The van der Waals surface area contributed by atoms with Gasteiger partial charge < -0.3 is 10.6 Å². The molecular weight excluding hydrogens is 404 g/mol. The van der Waals surface area contributed by atoms with Crippen molar-refractivity contribution < 1.29 is 9.59 Å². The second kappa shape index (κ2) is 8.12. The van der Waals surface area contributed by atoms with Gasteiger partial charge in [0.05, 0.1) is 5.69 Å². The first-order valence-corrected chi connectivity index (χ1v) is 9.87. The van der Waals surface area contributed by atoms with Crippen molar-refractivity contribution in [3.8, 4) is 5.69 Å². The highest BCUT2D eigenvalue weighted by atomic mass is 35.5. The molecule has 1 atom stereocenters. The quantitative estimate of drug-likeness (QED) is 0.678. The van der Waals surface area contributed by atoms with E-state index in [-0.39, 0.29) is 11.6 Å². The SMILES string of the molecule is Cc1cc(=O)c(C(=O)NC2CCc3ccccc3NC2=O)nn1-c1cccc(Cl)c1. The lowest BCUT2D eigenvalue weighted by Gasteiger charge is -2.16. The second-order valence-electron chi connectivity index (χ2n) is 7.10. The van der Waals surface area contributed by atoms with Gasteiger partial charge in [-0.25, -0.2) is 4.68 Å². The van der Waals surface area contributed by atoms with Crippen LogP contribution in [0.15, 0.2) is 59.4 Å². The summed E-state index contributed by atoms with van der Waals surface area (Å²) >= 11 is 6.05. The average molecular weight is 423 g/mol. The van der Waals surface area contributed by atoms with E-state index < -0.39 is 17.4 Å². The third kappa shape index (κ3) is 3.97. The molecule has 1 aliphatic rings. The average Bonchev–Trinajstić information content (AvgIpc) is 2.86. The number of rotatable bonds is 3. The Kier molecular flexibility index (Phi) is 5.37. The van der Waals surface area contributed by atoms with Gasteiger partial charge in [-0.05, 0) is 49.6 Å². The molecule has 0 bridgehead atoms. The zero-order valence-electron chi connectivity index (χ0n) is 16.2. The largest absolute Gasteiger partial charge is 0.339 e. The summed E-state index contributed by atoms with van der Waals surface area (Å²) in [6.45, 7) is 1.72. The Morgan fingerprint density at radius 2 is 1.97 bits per heavy atom. The van der Waals surface area contributed by atoms with Crippen molar-refractivity contribution in [3.63, 3.8) is 0 Å². The molecule has 30 heavy (non-hydrogen) atoms. The molecule has 0 saturated heterocycles. The molecule has 2 N–H and O–H groups in total. The minimum absolute atomic E-state index is 0.282. The van der Waals surface area contributed by atoms with E-state index in [1.807, 2.05) is 24.3 Å². The van der Waals surface area contributed by atoms with Gasteiger partial charge in [-0.15, -0.1) is 0 Å². The Labute approximate surface area is 177 Å². The van der Waals surface area contributed by atoms with Crippen LogP contribution in [-0.2, 0) is 11.2 Å². The molecular formula is C22H19ClN4O3. The highest BCUT2D eigenvalue weighted by Crippen LogP contribution is 2.21. The topological polar surface area (TPSA) is 93.1 Å². The zero-order valence-corrected chi connectivity index (χ0v) is 16.9. The minimum atomic E-state index is -0.771. The number of nitrogens with one attached hydrogen (secondary N) is 2. The summed E-state index contributed by atoms with van der Waals surface area (Å²) in [4.78, 5) is 37.8. The number of fused-ring (bicyclic) bond motifs is 1. The number of halogens is 1. The maximum atomic E-state index is 12.8.